The van der Waals surface area contributed by atoms with Gasteiger partial charge in [0.25, 0.3) is 0 Å². The lowest BCUT2D eigenvalue weighted by molar-refractivity contribution is -0.119. The summed E-state index contributed by atoms with van der Waals surface area (Å²) in [6, 6.07) is 7.69. The summed E-state index contributed by atoms with van der Waals surface area (Å²) in [4.78, 5) is 14.1. The molecule has 1 unspecified atom stereocenters. The molecule has 0 aliphatic carbocycles. The minimum Gasteiger partial charge on any atom is -0.376 e. The van der Waals surface area contributed by atoms with E-state index in [0.717, 1.165) is 24.5 Å². The Bertz CT molecular complexity index is 624. The van der Waals surface area contributed by atoms with Gasteiger partial charge in [0.15, 0.2) is 9.84 Å². The normalized spacial score (nSPS) is 19.3. The predicted molar refractivity (Wildman–Crippen MR) is 93.7 cm³/mol. The van der Waals surface area contributed by atoms with Crippen molar-refractivity contribution >= 4 is 27.1 Å². The number of hydrogen-bond acceptors (Lipinski definition) is 5. The van der Waals surface area contributed by atoms with E-state index in [2.05, 4.69) is 29.4 Å². The zero-order chi connectivity index (χ0) is 16.9. The third kappa shape index (κ3) is 5.13. The van der Waals surface area contributed by atoms with Crippen LogP contribution in [0.4, 0.5) is 11.4 Å². The molecule has 6 nitrogen and oxygen atoms in total. The van der Waals surface area contributed by atoms with Crippen molar-refractivity contribution in [2.45, 2.75) is 26.3 Å². The van der Waals surface area contributed by atoms with Gasteiger partial charge >= 0.3 is 0 Å². The average molecular weight is 339 g/mol. The first-order valence-corrected chi connectivity index (χ1v) is 9.84. The van der Waals surface area contributed by atoms with Crippen LogP contribution in [-0.2, 0) is 14.6 Å². The van der Waals surface area contributed by atoms with Crippen LogP contribution in [0.5, 0.6) is 0 Å². The third-order valence-electron chi connectivity index (χ3n) is 4.05. The molecule has 2 N–H and O–H groups in total. The van der Waals surface area contributed by atoms with Gasteiger partial charge in [-0.15, -0.1) is 0 Å². The van der Waals surface area contributed by atoms with Gasteiger partial charge in [0.1, 0.15) is 0 Å². The quantitative estimate of drug-likeness (QED) is 0.782. The van der Waals surface area contributed by atoms with Crippen LogP contribution in [-0.4, -0.2) is 51.5 Å². The van der Waals surface area contributed by atoms with E-state index in [1.54, 1.807) is 0 Å². The average Bonchev–Trinajstić information content (AvgIpc) is 2.86. The lowest BCUT2D eigenvalue weighted by atomic mass is 10.2. The topological polar surface area (TPSA) is 78.5 Å². The van der Waals surface area contributed by atoms with Crippen LogP contribution >= 0.6 is 0 Å². The van der Waals surface area contributed by atoms with Gasteiger partial charge < -0.3 is 15.5 Å². The molecule has 1 heterocycles. The van der Waals surface area contributed by atoms with Crippen molar-refractivity contribution in [3.8, 4) is 0 Å². The molecule has 1 atom stereocenters. The van der Waals surface area contributed by atoms with Crippen LogP contribution in [0.3, 0.4) is 0 Å². The Hall–Kier alpha value is -1.76. The monoisotopic (exact) mass is 339 g/mol. The number of carbonyl (C=O) groups is 1. The summed E-state index contributed by atoms with van der Waals surface area (Å²) < 4.78 is 22.7. The molecule has 128 valence electrons. The SMILES string of the molecule is CCN(CC)c1ccc(NCC(=O)NC2CCS(=O)(=O)C2)cc1. The van der Waals surface area contributed by atoms with Crippen LogP contribution in [0.15, 0.2) is 24.3 Å². The van der Waals surface area contributed by atoms with Gasteiger partial charge in [0, 0.05) is 30.5 Å². The van der Waals surface area contributed by atoms with Crippen LogP contribution in [0, 0.1) is 0 Å². The van der Waals surface area contributed by atoms with Gasteiger partial charge in [-0.25, -0.2) is 8.42 Å². The van der Waals surface area contributed by atoms with Crippen molar-refractivity contribution < 1.29 is 13.2 Å². The highest BCUT2D eigenvalue weighted by atomic mass is 32.2. The summed E-state index contributed by atoms with van der Waals surface area (Å²) in [5, 5.41) is 5.83. The van der Waals surface area contributed by atoms with Crippen LogP contribution in [0.2, 0.25) is 0 Å². The minimum atomic E-state index is -2.97. The molecule has 1 saturated heterocycles. The smallest absolute Gasteiger partial charge is 0.239 e. The minimum absolute atomic E-state index is 0.0529. The van der Waals surface area contributed by atoms with Crippen molar-refractivity contribution in [2.75, 3.05) is 41.4 Å². The first-order valence-electron chi connectivity index (χ1n) is 8.02. The van der Waals surface area contributed by atoms with E-state index < -0.39 is 9.84 Å². The molecule has 1 aromatic rings. The van der Waals surface area contributed by atoms with E-state index in [1.807, 2.05) is 24.3 Å². The maximum Gasteiger partial charge on any atom is 0.239 e. The summed E-state index contributed by atoms with van der Waals surface area (Å²) in [6.45, 7) is 6.28. The molecule has 0 aromatic heterocycles. The van der Waals surface area contributed by atoms with Crippen LogP contribution in [0.25, 0.3) is 0 Å². The van der Waals surface area contributed by atoms with Crippen molar-refractivity contribution in [1.29, 1.82) is 0 Å². The summed E-state index contributed by atoms with van der Waals surface area (Å²) in [7, 11) is -2.97. The van der Waals surface area contributed by atoms with Crippen LogP contribution in [0.1, 0.15) is 20.3 Å². The molecule has 2 rings (SSSR count). The molecule has 0 saturated carbocycles. The van der Waals surface area contributed by atoms with E-state index in [1.165, 1.54) is 0 Å². The number of carbonyl (C=O) groups excluding carboxylic acids is 1. The van der Waals surface area contributed by atoms with E-state index in [0.29, 0.717) is 6.42 Å². The number of hydrogen-bond donors (Lipinski definition) is 2. The maximum absolute atomic E-state index is 11.9. The second-order valence-corrected chi connectivity index (χ2v) is 7.97. The molecular formula is C16H25N3O3S. The third-order valence-corrected chi connectivity index (χ3v) is 5.81. The second kappa shape index (κ2) is 7.68. The van der Waals surface area contributed by atoms with Gasteiger partial charge in [-0.3, -0.25) is 4.79 Å². The predicted octanol–water partition coefficient (Wildman–Crippen LogP) is 1.25. The number of benzene rings is 1. The first kappa shape index (κ1) is 17.6. The lowest BCUT2D eigenvalue weighted by Crippen LogP contribution is -2.39. The Balaban J connectivity index is 1.80. The second-order valence-electron chi connectivity index (χ2n) is 5.74. The van der Waals surface area contributed by atoms with Crippen molar-refractivity contribution in [3.05, 3.63) is 24.3 Å². The fraction of sp³-hybridized carbons (Fsp3) is 0.562. The molecule has 0 radical (unpaired) electrons. The van der Waals surface area contributed by atoms with E-state index in [9.17, 15) is 13.2 Å². The number of nitrogens with zero attached hydrogens (tertiary/aromatic N) is 1. The molecule has 1 fully saturated rings. The lowest BCUT2D eigenvalue weighted by Gasteiger charge is -2.21. The van der Waals surface area contributed by atoms with Crippen molar-refractivity contribution in [3.63, 3.8) is 0 Å². The number of nitrogens with one attached hydrogen (secondary N) is 2. The highest BCUT2D eigenvalue weighted by Crippen LogP contribution is 2.17. The number of amides is 1. The Morgan fingerprint density at radius 2 is 1.87 bits per heavy atom. The molecule has 1 amide bonds. The van der Waals surface area contributed by atoms with E-state index in [-0.39, 0.29) is 30.0 Å². The highest BCUT2D eigenvalue weighted by molar-refractivity contribution is 7.91. The maximum atomic E-state index is 11.9. The molecule has 1 aromatic carbocycles. The van der Waals surface area contributed by atoms with Gasteiger partial charge in [-0.2, -0.15) is 0 Å². The molecule has 7 heteroatoms. The summed E-state index contributed by atoms with van der Waals surface area (Å²) in [6.07, 6.45) is 0.507. The van der Waals surface area contributed by atoms with Gasteiger partial charge in [0.05, 0.1) is 18.1 Å². The fourth-order valence-corrected chi connectivity index (χ4v) is 4.42. The summed E-state index contributed by atoms with van der Waals surface area (Å²) >= 11 is 0. The van der Waals surface area contributed by atoms with Gasteiger partial charge in [-0.1, -0.05) is 0 Å². The summed E-state index contributed by atoms with van der Waals surface area (Å²) in [5.41, 5.74) is 2.02. The van der Waals surface area contributed by atoms with Crippen LogP contribution < -0.4 is 15.5 Å². The van der Waals surface area contributed by atoms with Gasteiger partial charge in [-0.05, 0) is 44.5 Å². The summed E-state index contributed by atoms with van der Waals surface area (Å²) in [5.74, 6) is 0.0371. The molecule has 0 bridgehead atoms. The number of sulfone groups is 1. The molecule has 1 aliphatic rings. The van der Waals surface area contributed by atoms with E-state index in [4.69, 9.17) is 0 Å². The van der Waals surface area contributed by atoms with E-state index >= 15 is 0 Å². The Kier molecular flexibility index (Phi) is 5.87. The number of rotatable bonds is 7. The standard InChI is InChI=1S/C16H25N3O3S/c1-3-19(4-2)15-7-5-13(6-8-15)17-11-16(20)18-14-9-10-23(21,22)12-14/h5-8,14,17H,3-4,9-12H2,1-2H3,(H,18,20). The molecule has 23 heavy (non-hydrogen) atoms. The molecule has 1 aliphatic heterocycles. The Morgan fingerprint density at radius 1 is 1.22 bits per heavy atom. The Morgan fingerprint density at radius 3 is 2.39 bits per heavy atom. The molecule has 0 spiro atoms. The largest absolute Gasteiger partial charge is 0.376 e. The fourth-order valence-electron chi connectivity index (χ4n) is 2.75. The number of anilines is 2. The van der Waals surface area contributed by atoms with Crippen molar-refractivity contribution in [2.24, 2.45) is 0 Å². The first-order chi connectivity index (χ1) is 10.9. The zero-order valence-electron chi connectivity index (χ0n) is 13.7. The Labute approximate surface area is 138 Å². The zero-order valence-corrected chi connectivity index (χ0v) is 14.5. The highest BCUT2D eigenvalue weighted by Gasteiger charge is 2.28. The van der Waals surface area contributed by atoms with Gasteiger partial charge in [0.2, 0.25) is 5.91 Å². The molecular weight excluding hydrogens is 314 g/mol. The van der Waals surface area contributed by atoms with Crippen molar-refractivity contribution in [1.82, 2.24) is 5.32 Å².